The number of hydrogen-bond donors (Lipinski definition) is 1. The Balaban J connectivity index is 0.00000121. The fourth-order valence-electron chi connectivity index (χ4n) is 1.63. The normalized spacial score (nSPS) is 28.8. The molecular formula is C8H16ClF2N. The van der Waals surface area contributed by atoms with E-state index in [1.54, 1.807) is 0 Å². The highest BCUT2D eigenvalue weighted by molar-refractivity contribution is 5.85. The molecule has 0 radical (unpaired) electrons. The molecule has 0 spiro atoms. The maximum Gasteiger partial charge on any atom is 0.252 e. The molecule has 1 fully saturated rings. The van der Waals surface area contributed by atoms with Crippen molar-refractivity contribution in [2.24, 2.45) is 11.7 Å². The maximum atomic E-state index is 13.0. The van der Waals surface area contributed by atoms with Gasteiger partial charge in [-0.25, -0.2) is 8.78 Å². The van der Waals surface area contributed by atoms with Crippen molar-refractivity contribution in [3.8, 4) is 0 Å². The van der Waals surface area contributed by atoms with Crippen molar-refractivity contribution in [1.29, 1.82) is 0 Å². The lowest BCUT2D eigenvalue weighted by Crippen LogP contribution is -2.32. The van der Waals surface area contributed by atoms with Crippen LogP contribution in [0.25, 0.3) is 0 Å². The van der Waals surface area contributed by atoms with Crippen molar-refractivity contribution in [3.63, 3.8) is 0 Å². The fourth-order valence-corrected chi connectivity index (χ4v) is 1.63. The van der Waals surface area contributed by atoms with E-state index in [0.717, 1.165) is 12.8 Å². The third-order valence-electron chi connectivity index (χ3n) is 2.44. The van der Waals surface area contributed by atoms with Crippen LogP contribution in [0.15, 0.2) is 0 Å². The Labute approximate surface area is 78.1 Å². The maximum absolute atomic E-state index is 13.0. The number of halogens is 3. The first kappa shape index (κ1) is 12.1. The van der Waals surface area contributed by atoms with Crippen LogP contribution in [0.5, 0.6) is 0 Å². The van der Waals surface area contributed by atoms with Gasteiger partial charge in [-0.3, -0.25) is 0 Å². The molecule has 1 aliphatic rings. The Morgan fingerprint density at radius 2 is 1.92 bits per heavy atom. The number of rotatable bonds is 1. The quantitative estimate of drug-likeness (QED) is 0.646. The number of alkyl halides is 2. The van der Waals surface area contributed by atoms with E-state index in [9.17, 15) is 8.78 Å². The molecule has 1 saturated carbocycles. The molecule has 0 aromatic carbocycles. The minimum atomic E-state index is -2.49. The predicted molar refractivity (Wildman–Crippen MR) is 47.8 cm³/mol. The highest BCUT2D eigenvalue weighted by Gasteiger charge is 2.38. The standard InChI is InChI=1S/C8H15F2N.ClH/c9-8(10)5-3-1-2-4-7(8)6-11;/h7H,1-6,11H2;1H. The van der Waals surface area contributed by atoms with E-state index in [-0.39, 0.29) is 25.4 Å². The Bertz CT molecular complexity index is 130. The van der Waals surface area contributed by atoms with E-state index in [2.05, 4.69) is 0 Å². The molecule has 12 heavy (non-hydrogen) atoms. The van der Waals surface area contributed by atoms with Gasteiger partial charge < -0.3 is 5.73 Å². The lowest BCUT2D eigenvalue weighted by atomic mass is 9.97. The second-order valence-corrected chi connectivity index (χ2v) is 3.29. The van der Waals surface area contributed by atoms with Gasteiger partial charge in [0.2, 0.25) is 0 Å². The number of hydrogen-bond acceptors (Lipinski definition) is 1. The average molecular weight is 200 g/mol. The van der Waals surface area contributed by atoms with Crippen molar-refractivity contribution in [2.75, 3.05) is 6.54 Å². The minimum absolute atomic E-state index is 0. The lowest BCUT2D eigenvalue weighted by Gasteiger charge is -2.22. The topological polar surface area (TPSA) is 26.0 Å². The van der Waals surface area contributed by atoms with Crippen LogP contribution in [-0.4, -0.2) is 12.5 Å². The summed E-state index contributed by atoms with van der Waals surface area (Å²) in [6, 6.07) is 0. The van der Waals surface area contributed by atoms with Gasteiger partial charge in [0.05, 0.1) is 0 Å². The van der Waals surface area contributed by atoms with Crippen LogP contribution >= 0.6 is 12.4 Å². The van der Waals surface area contributed by atoms with E-state index < -0.39 is 11.8 Å². The van der Waals surface area contributed by atoms with Gasteiger partial charge in [-0.15, -0.1) is 12.4 Å². The highest BCUT2D eigenvalue weighted by atomic mass is 35.5. The van der Waals surface area contributed by atoms with Crippen molar-refractivity contribution in [1.82, 2.24) is 0 Å². The molecule has 2 N–H and O–H groups in total. The monoisotopic (exact) mass is 199 g/mol. The third kappa shape index (κ3) is 2.87. The first-order chi connectivity index (χ1) is 5.17. The molecule has 0 saturated heterocycles. The lowest BCUT2D eigenvalue weighted by molar-refractivity contribution is -0.0598. The van der Waals surface area contributed by atoms with E-state index >= 15 is 0 Å². The zero-order chi connectivity index (χ0) is 8.32. The Morgan fingerprint density at radius 1 is 1.25 bits per heavy atom. The van der Waals surface area contributed by atoms with Gasteiger partial charge in [0.25, 0.3) is 5.92 Å². The molecule has 0 heterocycles. The predicted octanol–water partition coefficient (Wildman–Crippen LogP) is 2.58. The molecule has 74 valence electrons. The summed E-state index contributed by atoms with van der Waals surface area (Å²) in [5.41, 5.74) is 5.27. The van der Waals surface area contributed by atoms with Crippen molar-refractivity contribution < 1.29 is 8.78 Å². The second kappa shape index (κ2) is 4.97. The number of nitrogens with two attached hydrogens (primary N) is 1. The largest absolute Gasteiger partial charge is 0.330 e. The molecule has 0 aromatic rings. The van der Waals surface area contributed by atoms with Crippen LogP contribution in [-0.2, 0) is 0 Å². The van der Waals surface area contributed by atoms with Crippen LogP contribution in [0.1, 0.15) is 32.1 Å². The summed E-state index contributed by atoms with van der Waals surface area (Å²) >= 11 is 0. The van der Waals surface area contributed by atoms with E-state index in [1.165, 1.54) is 0 Å². The summed E-state index contributed by atoms with van der Waals surface area (Å²) in [6.07, 6.45) is 3.14. The first-order valence-electron chi connectivity index (χ1n) is 4.24. The SMILES string of the molecule is Cl.NCC1CCCCCC1(F)F. The minimum Gasteiger partial charge on any atom is -0.330 e. The second-order valence-electron chi connectivity index (χ2n) is 3.29. The van der Waals surface area contributed by atoms with Crippen LogP contribution in [0.2, 0.25) is 0 Å². The van der Waals surface area contributed by atoms with E-state index in [1.807, 2.05) is 0 Å². The molecule has 0 bridgehead atoms. The Hall–Kier alpha value is 0.110. The van der Waals surface area contributed by atoms with Gasteiger partial charge >= 0.3 is 0 Å². The summed E-state index contributed by atoms with van der Waals surface area (Å²) in [5, 5.41) is 0. The summed E-state index contributed by atoms with van der Waals surface area (Å²) in [4.78, 5) is 0. The van der Waals surface area contributed by atoms with Gasteiger partial charge in [-0.05, 0) is 12.8 Å². The van der Waals surface area contributed by atoms with Gasteiger partial charge in [-0.1, -0.05) is 12.8 Å². The van der Waals surface area contributed by atoms with E-state index in [0.29, 0.717) is 12.8 Å². The van der Waals surface area contributed by atoms with Gasteiger partial charge in [-0.2, -0.15) is 0 Å². The first-order valence-corrected chi connectivity index (χ1v) is 4.24. The van der Waals surface area contributed by atoms with Crippen molar-refractivity contribution in [3.05, 3.63) is 0 Å². The molecule has 1 unspecified atom stereocenters. The van der Waals surface area contributed by atoms with Gasteiger partial charge in [0.15, 0.2) is 0 Å². The Morgan fingerprint density at radius 3 is 2.50 bits per heavy atom. The summed E-state index contributed by atoms with van der Waals surface area (Å²) < 4.78 is 26.1. The molecule has 0 aliphatic heterocycles. The zero-order valence-electron chi connectivity index (χ0n) is 7.06. The molecule has 1 rings (SSSR count). The summed E-state index contributed by atoms with van der Waals surface area (Å²) in [7, 11) is 0. The molecule has 4 heteroatoms. The van der Waals surface area contributed by atoms with Gasteiger partial charge in [0.1, 0.15) is 0 Å². The Kier molecular flexibility index (Phi) is 5.02. The molecule has 1 aliphatic carbocycles. The van der Waals surface area contributed by atoms with Crippen molar-refractivity contribution >= 4 is 12.4 Å². The molecule has 0 aromatic heterocycles. The average Bonchev–Trinajstić information content (AvgIpc) is 2.10. The van der Waals surface area contributed by atoms with Gasteiger partial charge in [0, 0.05) is 18.9 Å². The fraction of sp³-hybridized carbons (Fsp3) is 1.00. The molecular weight excluding hydrogens is 184 g/mol. The van der Waals surface area contributed by atoms with Crippen LogP contribution in [0, 0.1) is 5.92 Å². The molecule has 1 nitrogen and oxygen atoms in total. The highest BCUT2D eigenvalue weighted by Crippen LogP contribution is 2.36. The van der Waals surface area contributed by atoms with Crippen LogP contribution in [0.3, 0.4) is 0 Å². The zero-order valence-corrected chi connectivity index (χ0v) is 7.88. The smallest absolute Gasteiger partial charge is 0.252 e. The summed E-state index contributed by atoms with van der Waals surface area (Å²) in [6.45, 7) is 0.132. The van der Waals surface area contributed by atoms with Crippen LogP contribution < -0.4 is 5.73 Å². The van der Waals surface area contributed by atoms with Crippen molar-refractivity contribution in [2.45, 2.75) is 38.0 Å². The van der Waals surface area contributed by atoms with Crippen LogP contribution in [0.4, 0.5) is 8.78 Å². The molecule has 0 amide bonds. The summed E-state index contributed by atoms with van der Waals surface area (Å²) in [5.74, 6) is -3.06. The van der Waals surface area contributed by atoms with E-state index in [4.69, 9.17) is 5.73 Å². The molecule has 1 atom stereocenters. The third-order valence-corrected chi connectivity index (χ3v) is 2.44.